The molecule has 0 unspecified atom stereocenters. The van der Waals surface area contributed by atoms with Crippen LogP contribution in [0, 0.1) is 22.7 Å². The molecule has 0 radical (unpaired) electrons. The zero-order valence-corrected chi connectivity index (χ0v) is 14.7. The first-order valence-corrected chi connectivity index (χ1v) is 8.17. The standard InChI is InChI=1S/C21H19N3O2/c1-15(2)24-21(25)19(13-23)11-16-7-9-20(10-8-16)26-14-18-6-4-3-5-17(18)12-22/h3-11,15H,14H2,1-2H3,(H,24,25). The molecule has 2 aromatic rings. The van der Waals surface area contributed by atoms with Crippen molar-refractivity contribution in [1.29, 1.82) is 10.5 Å². The normalized spacial score (nSPS) is 10.7. The van der Waals surface area contributed by atoms with Gasteiger partial charge in [-0.1, -0.05) is 30.3 Å². The number of carbonyl (C=O) groups excluding carboxylic acids is 1. The number of nitriles is 2. The molecular formula is C21H19N3O2. The lowest BCUT2D eigenvalue weighted by atomic mass is 10.1. The van der Waals surface area contributed by atoms with Gasteiger partial charge in [0, 0.05) is 11.6 Å². The van der Waals surface area contributed by atoms with Crippen molar-refractivity contribution in [2.24, 2.45) is 0 Å². The molecule has 0 fully saturated rings. The van der Waals surface area contributed by atoms with E-state index < -0.39 is 5.91 Å². The van der Waals surface area contributed by atoms with Gasteiger partial charge in [0.25, 0.3) is 5.91 Å². The molecule has 2 aromatic carbocycles. The van der Waals surface area contributed by atoms with Crippen molar-refractivity contribution >= 4 is 12.0 Å². The molecule has 0 spiro atoms. The van der Waals surface area contributed by atoms with E-state index in [4.69, 9.17) is 15.3 Å². The van der Waals surface area contributed by atoms with Crippen LogP contribution in [-0.4, -0.2) is 11.9 Å². The highest BCUT2D eigenvalue weighted by Gasteiger charge is 2.10. The van der Waals surface area contributed by atoms with Crippen LogP contribution in [0.25, 0.3) is 6.08 Å². The molecule has 0 aromatic heterocycles. The van der Waals surface area contributed by atoms with Crippen molar-refractivity contribution in [1.82, 2.24) is 5.32 Å². The molecule has 0 aliphatic carbocycles. The van der Waals surface area contributed by atoms with E-state index in [1.165, 1.54) is 6.08 Å². The van der Waals surface area contributed by atoms with Gasteiger partial charge >= 0.3 is 0 Å². The average Bonchev–Trinajstić information content (AvgIpc) is 2.65. The Balaban J connectivity index is 2.06. The van der Waals surface area contributed by atoms with Crippen LogP contribution in [0.3, 0.4) is 0 Å². The summed E-state index contributed by atoms with van der Waals surface area (Å²) in [5.41, 5.74) is 2.18. The number of carbonyl (C=O) groups is 1. The first kappa shape index (κ1) is 18.8. The first-order valence-electron chi connectivity index (χ1n) is 8.17. The molecule has 2 rings (SSSR count). The van der Waals surface area contributed by atoms with Gasteiger partial charge in [-0.25, -0.2) is 0 Å². The molecule has 5 nitrogen and oxygen atoms in total. The molecular weight excluding hydrogens is 326 g/mol. The molecule has 0 aliphatic rings. The Morgan fingerprint density at radius 3 is 2.46 bits per heavy atom. The van der Waals surface area contributed by atoms with E-state index in [-0.39, 0.29) is 11.6 Å². The van der Waals surface area contributed by atoms with Crippen LogP contribution in [0.5, 0.6) is 5.75 Å². The molecule has 0 heterocycles. The molecule has 0 atom stereocenters. The fourth-order valence-corrected chi connectivity index (χ4v) is 2.23. The number of nitrogens with one attached hydrogen (secondary N) is 1. The van der Waals surface area contributed by atoms with Crippen LogP contribution < -0.4 is 10.1 Å². The van der Waals surface area contributed by atoms with Gasteiger partial charge in [-0.3, -0.25) is 4.79 Å². The minimum atomic E-state index is -0.393. The monoisotopic (exact) mass is 345 g/mol. The topological polar surface area (TPSA) is 85.9 Å². The Hall–Kier alpha value is -3.57. The maximum Gasteiger partial charge on any atom is 0.262 e. The van der Waals surface area contributed by atoms with Crippen LogP contribution in [-0.2, 0) is 11.4 Å². The lowest BCUT2D eigenvalue weighted by molar-refractivity contribution is -0.117. The molecule has 0 saturated carbocycles. The quantitative estimate of drug-likeness (QED) is 0.640. The Bertz CT molecular complexity index is 885. The summed E-state index contributed by atoms with van der Waals surface area (Å²) in [6, 6.07) is 18.3. The van der Waals surface area contributed by atoms with Gasteiger partial charge in [-0.2, -0.15) is 10.5 Å². The average molecular weight is 345 g/mol. The maximum atomic E-state index is 11.9. The van der Waals surface area contributed by atoms with Crippen molar-refractivity contribution in [3.05, 3.63) is 70.8 Å². The highest BCUT2D eigenvalue weighted by molar-refractivity contribution is 6.01. The van der Waals surface area contributed by atoms with E-state index in [2.05, 4.69) is 11.4 Å². The number of benzene rings is 2. The smallest absolute Gasteiger partial charge is 0.262 e. The molecule has 1 N–H and O–H groups in total. The number of nitrogens with zero attached hydrogens (tertiary/aromatic N) is 2. The van der Waals surface area contributed by atoms with Crippen molar-refractivity contribution < 1.29 is 9.53 Å². The van der Waals surface area contributed by atoms with Gasteiger partial charge < -0.3 is 10.1 Å². The second-order valence-corrected chi connectivity index (χ2v) is 5.92. The van der Waals surface area contributed by atoms with Crippen molar-refractivity contribution in [3.8, 4) is 17.9 Å². The van der Waals surface area contributed by atoms with Gasteiger partial charge in [0.2, 0.25) is 0 Å². The number of hydrogen-bond donors (Lipinski definition) is 1. The second kappa shape index (κ2) is 9.05. The summed E-state index contributed by atoms with van der Waals surface area (Å²) in [5, 5.41) is 20.9. The third-order valence-electron chi connectivity index (χ3n) is 3.51. The molecule has 26 heavy (non-hydrogen) atoms. The number of ether oxygens (including phenoxy) is 1. The molecule has 5 heteroatoms. The van der Waals surface area contributed by atoms with Crippen LogP contribution in [0.4, 0.5) is 0 Å². The highest BCUT2D eigenvalue weighted by atomic mass is 16.5. The van der Waals surface area contributed by atoms with Gasteiger partial charge in [0.1, 0.15) is 24.0 Å². The lowest BCUT2D eigenvalue weighted by Crippen LogP contribution is -2.30. The summed E-state index contributed by atoms with van der Waals surface area (Å²) in [4.78, 5) is 11.9. The van der Waals surface area contributed by atoms with E-state index in [1.807, 2.05) is 38.1 Å². The van der Waals surface area contributed by atoms with Crippen molar-refractivity contribution in [3.63, 3.8) is 0 Å². The van der Waals surface area contributed by atoms with Gasteiger partial charge in [0.15, 0.2) is 0 Å². The molecule has 0 bridgehead atoms. The van der Waals surface area contributed by atoms with Crippen LogP contribution in [0.1, 0.15) is 30.5 Å². The zero-order chi connectivity index (χ0) is 18.9. The highest BCUT2D eigenvalue weighted by Crippen LogP contribution is 2.17. The molecule has 130 valence electrons. The second-order valence-electron chi connectivity index (χ2n) is 5.92. The summed E-state index contributed by atoms with van der Waals surface area (Å²) in [6.45, 7) is 3.96. The first-order chi connectivity index (χ1) is 12.5. The maximum absolute atomic E-state index is 11.9. The summed E-state index contributed by atoms with van der Waals surface area (Å²) in [7, 11) is 0. The number of amides is 1. The largest absolute Gasteiger partial charge is 0.489 e. The zero-order valence-electron chi connectivity index (χ0n) is 14.7. The van der Waals surface area contributed by atoms with Crippen LogP contribution in [0.15, 0.2) is 54.1 Å². The van der Waals surface area contributed by atoms with Crippen molar-refractivity contribution in [2.75, 3.05) is 0 Å². The third-order valence-corrected chi connectivity index (χ3v) is 3.51. The summed E-state index contributed by atoms with van der Waals surface area (Å²) in [6.07, 6.45) is 1.53. The van der Waals surface area contributed by atoms with Gasteiger partial charge in [-0.05, 0) is 43.7 Å². The van der Waals surface area contributed by atoms with E-state index in [9.17, 15) is 4.79 Å². The fraction of sp³-hybridized carbons (Fsp3) is 0.190. The van der Waals surface area contributed by atoms with E-state index >= 15 is 0 Å². The van der Waals surface area contributed by atoms with Gasteiger partial charge in [-0.15, -0.1) is 0 Å². The van der Waals surface area contributed by atoms with E-state index in [0.29, 0.717) is 17.9 Å². The lowest BCUT2D eigenvalue weighted by Gasteiger charge is -2.08. The number of hydrogen-bond acceptors (Lipinski definition) is 4. The Kier molecular flexibility index (Phi) is 6.53. The Morgan fingerprint density at radius 1 is 1.15 bits per heavy atom. The predicted molar refractivity (Wildman–Crippen MR) is 98.8 cm³/mol. The van der Waals surface area contributed by atoms with E-state index in [1.54, 1.807) is 30.3 Å². The van der Waals surface area contributed by atoms with Gasteiger partial charge in [0.05, 0.1) is 11.6 Å². The molecule has 1 amide bonds. The molecule has 0 saturated heterocycles. The fourth-order valence-electron chi connectivity index (χ4n) is 2.23. The third kappa shape index (κ3) is 5.22. The van der Waals surface area contributed by atoms with Crippen LogP contribution >= 0.6 is 0 Å². The number of rotatable bonds is 6. The summed E-state index contributed by atoms with van der Waals surface area (Å²) in [5.74, 6) is 0.246. The predicted octanol–water partition coefficient (Wildman–Crippen LogP) is 3.57. The summed E-state index contributed by atoms with van der Waals surface area (Å²) >= 11 is 0. The minimum Gasteiger partial charge on any atom is -0.489 e. The SMILES string of the molecule is CC(C)NC(=O)C(C#N)=Cc1ccc(OCc2ccccc2C#N)cc1. The molecule has 0 aliphatic heterocycles. The summed E-state index contributed by atoms with van der Waals surface area (Å²) < 4.78 is 5.70. The Labute approximate surface area is 153 Å². The van der Waals surface area contributed by atoms with Crippen LogP contribution in [0.2, 0.25) is 0 Å². The van der Waals surface area contributed by atoms with E-state index in [0.717, 1.165) is 11.1 Å². The Morgan fingerprint density at radius 2 is 1.85 bits per heavy atom. The minimum absolute atomic E-state index is 0.0358. The van der Waals surface area contributed by atoms with Crippen molar-refractivity contribution in [2.45, 2.75) is 26.5 Å².